The van der Waals surface area contributed by atoms with Crippen molar-refractivity contribution in [2.24, 2.45) is 0 Å². The van der Waals surface area contributed by atoms with Gasteiger partial charge in [-0.3, -0.25) is 0 Å². The Balaban J connectivity index is 0.000000324. The molecule has 25 heavy (non-hydrogen) atoms. The molecule has 1 aliphatic carbocycles. The van der Waals surface area contributed by atoms with Gasteiger partial charge in [-0.1, -0.05) is 24.3 Å². The lowest BCUT2D eigenvalue weighted by atomic mass is 10.0. The Morgan fingerprint density at radius 3 is 2.36 bits per heavy atom. The van der Waals surface area contributed by atoms with Crippen LogP contribution in [0.15, 0.2) is 52.9 Å². The van der Waals surface area contributed by atoms with Crippen molar-refractivity contribution in [3.05, 3.63) is 53.9 Å². The molecule has 8 nitrogen and oxygen atoms in total. The van der Waals surface area contributed by atoms with Crippen molar-refractivity contribution in [1.29, 1.82) is 5.41 Å². The van der Waals surface area contributed by atoms with Crippen LogP contribution in [0.3, 0.4) is 0 Å². The van der Waals surface area contributed by atoms with Crippen LogP contribution in [0.1, 0.15) is 0 Å². The van der Waals surface area contributed by atoms with Crippen molar-refractivity contribution in [2.75, 3.05) is 5.73 Å². The predicted octanol–water partition coefficient (Wildman–Crippen LogP) is -0.977. The van der Waals surface area contributed by atoms with Crippen molar-refractivity contribution in [2.45, 2.75) is 0 Å². The zero-order chi connectivity index (χ0) is 18.2. The molecular weight excluding hydrogens is 350 g/mol. The molecule has 2 aromatic rings. The molecule has 0 unspecified atom stereocenters. The van der Waals surface area contributed by atoms with Gasteiger partial charge in [-0.05, 0) is 12.1 Å². The van der Waals surface area contributed by atoms with E-state index in [1.165, 1.54) is 0 Å². The monoisotopic (exact) mass is 361 g/mol. The van der Waals surface area contributed by atoms with Gasteiger partial charge in [-0.25, -0.2) is 4.98 Å². The minimum atomic E-state index is -4.69. The number of hydrogen-bond acceptors (Lipinski definition) is 8. The Bertz CT molecular complexity index is 1080. The molecule has 0 saturated heterocycles. The first-order valence-corrected chi connectivity index (χ1v) is 8.18. The van der Waals surface area contributed by atoms with Gasteiger partial charge in [0, 0.05) is 28.6 Å². The van der Waals surface area contributed by atoms with E-state index in [0.717, 1.165) is 22.0 Å². The quantitative estimate of drug-likeness (QED) is 0.206. The lowest BCUT2D eigenvalue weighted by Gasteiger charge is -2.10. The van der Waals surface area contributed by atoms with Crippen LogP contribution < -0.4 is 25.1 Å². The second kappa shape index (κ2) is 6.28. The second-order valence-corrected chi connectivity index (χ2v) is 5.95. The molecule has 128 valence electrons. The standard InChI is InChI=1S/C16H11N3O.ClHO4/c17-9-5-6-13-14(7-9)20-15-8-12(18)10-3-1-2-4-11(10)16(15)19-13;2-1(3,4)5/h1-8,18H,17H2;(H,2,3,4,5). The molecule has 4 rings (SSSR count). The Morgan fingerprint density at radius 2 is 1.68 bits per heavy atom. The van der Waals surface area contributed by atoms with Crippen molar-refractivity contribution in [3.8, 4) is 11.5 Å². The summed E-state index contributed by atoms with van der Waals surface area (Å²) in [4.78, 5) is 4.66. The van der Waals surface area contributed by atoms with E-state index < -0.39 is 10.2 Å². The molecule has 0 spiro atoms. The highest BCUT2D eigenvalue weighted by atomic mass is 35.7. The fourth-order valence-electron chi connectivity index (χ4n) is 2.47. The van der Waals surface area contributed by atoms with E-state index >= 15 is 0 Å². The van der Waals surface area contributed by atoms with Crippen molar-refractivity contribution in [1.82, 2.24) is 4.98 Å². The first-order valence-electron chi connectivity index (χ1n) is 6.92. The summed E-state index contributed by atoms with van der Waals surface area (Å²) in [6.45, 7) is 0. The number of fused-ring (bicyclic) bond motifs is 4. The number of hydrogen-bond donors (Lipinski definition) is 3. The van der Waals surface area contributed by atoms with E-state index in [-0.39, 0.29) is 0 Å². The Kier molecular flexibility index (Phi) is 4.29. The third-order valence-electron chi connectivity index (χ3n) is 3.42. The van der Waals surface area contributed by atoms with Crippen LogP contribution in [-0.4, -0.2) is 9.64 Å². The molecule has 1 heterocycles. The summed E-state index contributed by atoms with van der Waals surface area (Å²) < 4.78 is 38.6. The number of halogens is 1. The van der Waals surface area contributed by atoms with E-state index in [9.17, 15) is 0 Å². The van der Waals surface area contributed by atoms with Gasteiger partial charge in [0.25, 0.3) is 0 Å². The van der Waals surface area contributed by atoms with Gasteiger partial charge in [0.2, 0.25) is 0 Å². The number of aromatic nitrogens is 1. The van der Waals surface area contributed by atoms with E-state index in [2.05, 4.69) is 4.98 Å². The summed E-state index contributed by atoms with van der Waals surface area (Å²) in [6, 6.07) is 14.8. The first-order chi connectivity index (χ1) is 11.7. The van der Waals surface area contributed by atoms with Crippen LogP contribution in [0.2, 0.25) is 0 Å². The lowest BCUT2D eigenvalue weighted by Crippen LogP contribution is -2.58. The summed E-state index contributed by atoms with van der Waals surface area (Å²) in [5.74, 6) is 0.604. The maximum Gasteiger partial charge on any atom is 0.155 e. The number of nitrogens with one attached hydrogen (secondary N) is 1. The molecule has 9 heteroatoms. The van der Waals surface area contributed by atoms with Gasteiger partial charge >= 0.3 is 0 Å². The first kappa shape index (κ1) is 17.1. The summed E-state index contributed by atoms with van der Waals surface area (Å²) >= 11 is 0. The minimum absolute atomic E-state index is 0.432. The fourth-order valence-corrected chi connectivity index (χ4v) is 2.47. The van der Waals surface area contributed by atoms with Crippen molar-refractivity contribution < 1.29 is 33.3 Å². The molecule has 0 radical (unpaired) electrons. The zero-order valence-corrected chi connectivity index (χ0v) is 13.4. The van der Waals surface area contributed by atoms with Crippen molar-refractivity contribution in [3.63, 3.8) is 0 Å². The highest BCUT2D eigenvalue weighted by Gasteiger charge is 2.13. The smallest absolute Gasteiger partial charge is 0.155 e. The molecule has 0 bridgehead atoms. The largest absolute Gasteiger partial charge is 0.453 e. The molecule has 2 aliphatic rings. The highest BCUT2D eigenvalue weighted by Crippen LogP contribution is 2.30. The Labute approximate surface area is 143 Å². The van der Waals surface area contributed by atoms with E-state index in [4.69, 9.17) is 34.2 Å². The number of rotatable bonds is 0. The van der Waals surface area contributed by atoms with Crippen LogP contribution >= 0.6 is 0 Å². The van der Waals surface area contributed by atoms with Gasteiger partial charge in [-0.2, -0.15) is 14.0 Å². The van der Waals surface area contributed by atoms with E-state index in [0.29, 0.717) is 22.4 Å². The van der Waals surface area contributed by atoms with Gasteiger partial charge in [-0.15, -0.1) is 0 Å². The average Bonchev–Trinajstić information content (AvgIpc) is 2.52. The highest BCUT2D eigenvalue weighted by molar-refractivity contribution is 5.96. The molecular formula is C16H12ClN3O5. The van der Waals surface area contributed by atoms with Gasteiger partial charge in [0.05, 0.1) is 20.3 Å². The van der Waals surface area contributed by atoms with Gasteiger partial charge in [0.1, 0.15) is 11.2 Å². The number of nitrogens with zero attached hydrogens (tertiary/aromatic N) is 1. The molecule has 1 aliphatic heterocycles. The Morgan fingerprint density at radius 1 is 1.04 bits per heavy atom. The molecule has 0 aromatic heterocycles. The number of nitrogen functional groups attached to an aromatic ring is 1. The minimum Gasteiger partial charge on any atom is -0.453 e. The lowest BCUT2D eigenvalue weighted by molar-refractivity contribution is -1.92. The molecule has 0 saturated carbocycles. The average molecular weight is 362 g/mol. The maximum absolute atomic E-state index is 8.60. The molecule has 0 fully saturated rings. The Hall–Kier alpha value is -2.75. The zero-order valence-electron chi connectivity index (χ0n) is 12.6. The fraction of sp³-hybridized carbons (Fsp3) is 0. The normalized spacial score (nSPS) is 11.5. The maximum atomic E-state index is 8.60. The number of benzene rings is 3. The summed E-state index contributed by atoms with van der Waals surface area (Å²) in [5.41, 5.74) is 8.56. The van der Waals surface area contributed by atoms with E-state index in [1.807, 2.05) is 30.3 Å². The van der Waals surface area contributed by atoms with Crippen molar-refractivity contribution >= 4 is 27.6 Å². The summed E-state index contributed by atoms with van der Waals surface area (Å²) in [7, 11) is -4.69. The third kappa shape index (κ3) is 3.85. The molecule has 4 N–H and O–H groups in total. The van der Waals surface area contributed by atoms with Crippen LogP contribution in [0.25, 0.3) is 33.3 Å². The molecule has 2 aromatic carbocycles. The van der Waals surface area contributed by atoms with Gasteiger partial charge < -0.3 is 15.6 Å². The van der Waals surface area contributed by atoms with Crippen LogP contribution in [0.4, 0.5) is 5.69 Å². The summed E-state index contributed by atoms with van der Waals surface area (Å²) in [6.07, 6.45) is 0. The van der Waals surface area contributed by atoms with E-state index in [1.54, 1.807) is 18.2 Å². The topological polar surface area (TPSA) is 165 Å². The number of anilines is 1. The van der Waals surface area contributed by atoms with Crippen LogP contribution in [-0.2, 0) is 0 Å². The van der Waals surface area contributed by atoms with Crippen LogP contribution in [0, 0.1) is 15.7 Å². The van der Waals surface area contributed by atoms with Gasteiger partial charge in [0.15, 0.2) is 11.3 Å². The SMILES string of the molecule is N=c1cc2oc3cc(N)ccc3nc-2c2ccccc12.[O-][Cl+3]([O-])([O-])O. The third-order valence-corrected chi connectivity index (χ3v) is 3.42. The predicted molar refractivity (Wildman–Crippen MR) is 80.6 cm³/mol. The van der Waals surface area contributed by atoms with Crippen LogP contribution in [0.5, 0.6) is 0 Å². The second-order valence-electron chi connectivity index (χ2n) is 5.15. The summed E-state index contributed by atoms with van der Waals surface area (Å²) in [5, 5.41) is 10.3. The number of nitrogens with two attached hydrogens (primary N) is 1. The molecule has 0 atom stereocenters. The molecule has 0 amide bonds.